The Labute approximate surface area is 151 Å². The average Bonchev–Trinajstić information content (AvgIpc) is 2.31. The van der Waals surface area contributed by atoms with E-state index in [2.05, 4.69) is 69.2 Å². The summed E-state index contributed by atoms with van der Waals surface area (Å²) in [5.41, 5.74) is -3.28. The molecule has 0 aromatic heterocycles. The predicted molar refractivity (Wildman–Crippen MR) is 104 cm³/mol. The molecule has 1 aliphatic carbocycles. The molecule has 24 heavy (non-hydrogen) atoms. The van der Waals surface area contributed by atoms with Crippen molar-refractivity contribution in [3.8, 4) is 0 Å². The quantitative estimate of drug-likeness (QED) is 0.681. The van der Waals surface area contributed by atoms with Crippen LogP contribution in [0, 0.1) is 32.5 Å². The second kappa shape index (κ2) is 4.80. The van der Waals surface area contributed by atoms with Gasteiger partial charge in [0.2, 0.25) is 0 Å². The smallest absolute Gasteiger partial charge is 0.0655 e. The fourth-order valence-corrected chi connectivity index (χ4v) is 7.12. The van der Waals surface area contributed by atoms with E-state index in [4.69, 9.17) is 0 Å². The zero-order chi connectivity index (χ0) is 20.0. The second-order valence-corrected chi connectivity index (χ2v) is 11.9. The molecular formula is C22H44O2. The largest absolute Gasteiger partial charge is 0.390 e. The molecule has 1 saturated carbocycles. The molecular weight excluding hydrogens is 296 g/mol. The summed E-state index contributed by atoms with van der Waals surface area (Å²) in [5.74, 6) is 0. The van der Waals surface area contributed by atoms with E-state index in [0.717, 1.165) is 0 Å². The van der Waals surface area contributed by atoms with Crippen molar-refractivity contribution in [3.05, 3.63) is 0 Å². The first-order valence-electron chi connectivity index (χ1n) is 9.45. The molecule has 0 aliphatic heterocycles. The highest BCUT2D eigenvalue weighted by Gasteiger charge is 2.79. The second-order valence-electron chi connectivity index (χ2n) is 11.9. The molecule has 2 heteroatoms. The normalized spacial score (nSPS) is 38.0. The van der Waals surface area contributed by atoms with Gasteiger partial charge in [-0.3, -0.25) is 0 Å². The number of hydrogen-bond donors (Lipinski definition) is 2. The van der Waals surface area contributed by atoms with Gasteiger partial charge in [0.25, 0.3) is 0 Å². The summed E-state index contributed by atoms with van der Waals surface area (Å²) in [6.45, 7) is 30.6. The van der Waals surface area contributed by atoms with E-state index in [-0.39, 0.29) is 32.5 Å². The SMILES string of the molecule is CC(C)(O)C1(C)C(C)(C)C(C)(C)C(C)(C(C)(C)O)C(C)(C)C1(C)C. The molecule has 0 atom stereocenters. The molecule has 144 valence electrons. The molecule has 2 N–H and O–H groups in total. The Hall–Kier alpha value is -0.0800. The lowest BCUT2D eigenvalue weighted by molar-refractivity contribution is -0.366. The van der Waals surface area contributed by atoms with Crippen LogP contribution in [0.5, 0.6) is 0 Å². The van der Waals surface area contributed by atoms with Gasteiger partial charge in [0, 0.05) is 10.8 Å². The minimum Gasteiger partial charge on any atom is -0.390 e. The van der Waals surface area contributed by atoms with E-state index >= 15 is 0 Å². The van der Waals surface area contributed by atoms with Gasteiger partial charge < -0.3 is 10.2 Å². The Balaban J connectivity index is 4.10. The van der Waals surface area contributed by atoms with Crippen LogP contribution in [-0.4, -0.2) is 21.4 Å². The van der Waals surface area contributed by atoms with E-state index in [0.29, 0.717) is 0 Å². The molecule has 1 fully saturated rings. The number of rotatable bonds is 2. The number of hydrogen-bond acceptors (Lipinski definition) is 2. The van der Waals surface area contributed by atoms with Crippen molar-refractivity contribution in [1.29, 1.82) is 0 Å². The zero-order valence-electron chi connectivity index (χ0n) is 18.9. The zero-order valence-corrected chi connectivity index (χ0v) is 18.9. The lowest BCUT2D eigenvalue weighted by atomic mass is 9.24. The highest BCUT2D eigenvalue weighted by Crippen LogP contribution is 2.82. The molecule has 0 radical (unpaired) electrons. The summed E-state index contributed by atoms with van der Waals surface area (Å²) in [5, 5.41) is 22.7. The lowest BCUT2D eigenvalue weighted by Gasteiger charge is -2.81. The Kier molecular flexibility index (Phi) is 4.39. The predicted octanol–water partition coefficient (Wildman–Crippen LogP) is 5.66. The van der Waals surface area contributed by atoms with Crippen molar-refractivity contribution in [2.24, 2.45) is 32.5 Å². The Morgan fingerprint density at radius 3 is 0.625 bits per heavy atom. The minimum atomic E-state index is -0.852. The van der Waals surface area contributed by atoms with Crippen molar-refractivity contribution >= 4 is 0 Å². The Morgan fingerprint density at radius 2 is 0.542 bits per heavy atom. The maximum atomic E-state index is 11.3. The van der Waals surface area contributed by atoms with Crippen LogP contribution in [0.1, 0.15) is 96.9 Å². The van der Waals surface area contributed by atoms with Gasteiger partial charge in [-0.05, 0) is 49.4 Å². The first-order chi connectivity index (χ1) is 10.0. The third-order valence-electron chi connectivity index (χ3n) is 10.6. The molecule has 0 bridgehead atoms. The Bertz CT molecular complexity index is 431. The summed E-state index contributed by atoms with van der Waals surface area (Å²) >= 11 is 0. The third kappa shape index (κ3) is 1.85. The maximum absolute atomic E-state index is 11.3. The van der Waals surface area contributed by atoms with Crippen LogP contribution in [0.2, 0.25) is 0 Å². The lowest BCUT2D eigenvalue weighted by Crippen LogP contribution is -2.79. The van der Waals surface area contributed by atoms with Gasteiger partial charge in [-0.2, -0.15) is 0 Å². The van der Waals surface area contributed by atoms with Gasteiger partial charge in [-0.1, -0.05) is 69.2 Å². The summed E-state index contributed by atoms with van der Waals surface area (Å²) in [4.78, 5) is 0. The van der Waals surface area contributed by atoms with E-state index in [1.165, 1.54) is 0 Å². The molecule has 0 saturated heterocycles. The molecule has 0 aromatic carbocycles. The van der Waals surface area contributed by atoms with Gasteiger partial charge in [0.05, 0.1) is 11.2 Å². The van der Waals surface area contributed by atoms with Gasteiger partial charge in [-0.25, -0.2) is 0 Å². The fourth-order valence-electron chi connectivity index (χ4n) is 7.12. The van der Waals surface area contributed by atoms with Crippen molar-refractivity contribution in [3.63, 3.8) is 0 Å². The molecule has 0 spiro atoms. The van der Waals surface area contributed by atoms with Gasteiger partial charge in [0.15, 0.2) is 0 Å². The monoisotopic (exact) mass is 340 g/mol. The molecule has 2 nitrogen and oxygen atoms in total. The summed E-state index contributed by atoms with van der Waals surface area (Å²) < 4.78 is 0. The average molecular weight is 341 g/mol. The van der Waals surface area contributed by atoms with Crippen LogP contribution >= 0.6 is 0 Å². The van der Waals surface area contributed by atoms with E-state index in [9.17, 15) is 10.2 Å². The van der Waals surface area contributed by atoms with Crippen LogP contribution in [0.25, 0.3) is 0 Å². The molecule has 1 aliphatic rings. The van der Waals surface area contributed by atoms with E-state index in [1.54, 1.807) is 0 Å². The highest BCUT2D eigenvalue weighted by atomic mass is 16.3. The van der Waals surface area contributed by atoms with Crippen LogP contribution in [0.4, 0.5) is 0 Å². The molecule has 0 unspecified atom stereocenters. The summed E-state index contributed by atoms with van der Waals surface area (Å²) in [6.07, 6.45) is 0. The van der Waals surface area contributed by atoms with Gasteiger partial charge >= 0.3 is 0 Å². The van der Waals surface area contributed by atoms with Gasteiger partial charge in [-0.15, -0.1) is 0 Å². The Morgan fingerprint density at radius 1 is 0.417 bits per heavy atom. The molecule has 0 heterocycles. The van der Waals surface area contributed by atoms with Crippen molar-refractivity contribution in [2.75, 3.05) is 0 Å². The van der Waals surface area contributed by atoms with Crippen LogP contribution < -0.4 is 0 Å². The minimum absolute atomic E-state index is 0.216. The van der Waals surface area contributed by atoms with Crippen LogP contribution in [0.3, 0.4) is 0 Å². The van der Waals surface area contributed by atoms with E-state index in [1.807, 2.05) is 27.7 Å². The van der Waals surface area contributed by atoms with E-state index < -0.39 is 11.2 Å². The standard InChI is InChI=1S/C22H44O2/c1-15(2)16(3,4)22(14,20(11,12)24)18(7,8)17(5,6)21(15,13)19(9,10)23/h23-24H,1-14H3. The van der Waals surface area contributed by atoms with Crippen molar-refractivity contribution in [1.82, 2.24) is 0 Å². The van der Waals surface area contributed by atoms with Gasteiger partial charge in [0.1, 0.15) is 0 Å². The molecule has 0 aromatic rings. The molecule has 0 amide bonds. The first-order valence-corrected chi connectivity index (χ1v) is 9.45. The van der Waals surface area contributed by atoms with Crippen LogP contribution in [-0.2, 0) is 0 Å². The first kappa shape index (κ1) is 22.0. The van der Waals surface area contributed by atoms with Crippen molar-refractivity contribution in [2.45, 2.75) is 108 Å². The summed E-state index contributed by atoms with van der Waals surface area (Å²) in [6, 6.07) is 0. The highest BCUT2D eigenvalue weighted by molar-refractivity contribution is 5.27. The fraction of sp³-hybridized carbons (Fsp3) is 1.00. The third-order valence-corrected chi connectivity index (χ3v) is 10.6. The molecule has 1 rings (SSSR count). The topological polar surface area (TPSA) is 40.5 Å². The maximum Gasteiger partial charge on any atom is 0.0655 e. The van der Waals surface area contributed by atoms with Crippen LogP contribution in [0.15, 0.2) is 0 Å². The number of aliphatic hydroxyl groups is 2. The van der Waals surface area contributed by atoms with Crippen molar-refractivity contribution < 1.29 is 10.2 Å². The summed E-state index contributed by atoms with van der Waals surface area (Å²) in [7, 11) is 0.